The Morgan fingerprint density at radius 3 is 2.04 bits per heavy atom. The number of nitrogens with zero attached hydrogens (tertiary/aromatic N) is 2. The van der Waals surface area contributed by atoms with Crippen molar-refractivity contribution in [3.8, 4) is 5.75 Å². The summed E-state index contributed by atoms with van der Waals surface area (Å²) in [5, 5.41) is 27.5. The summed E-state index contributed by atoms with van der Waals surface area (Å²) in [5.74, 6) is -1.09. The van der Waals surface area contributed by atoms with E-state index in [2.05, 4.69) is 36.6 Å². The normalized spacial score (nSPS) is 20.6. The quantitative estimate of drug-likeness (QED) is 0.0655. The molecule has 1 aliphatic rings. The fourth-order valence-electron chi connectivity index (χ4n) is 5.99. The van der Waals surface area contributed by atoms with E-state index in [0.717, 1.165) is 21.9 Å². The summed E-state index contributed by atoms with van der Waals surface area (Å²) in [6.07, 6.45) is 2.93. The van der Waals surface area contributed by atoms with Crippen molar-refractivity contribution < 1.29 is 19.5 Å². The van der Waals surface area contributed by atoms with Gasteiger partial charge in [0.15, 0.2) is 11.9 Å². The van der Waals surface area contributed by atoms with E-state index >= 15 is 0 Å². The first-order valence-electron chi connectivity index (χ1n) is 17.3. The third kappa shape index (κ3) is 13.4. The lowest BCUT2D eigenvalue weighted by Gasteiger charge is -2.27. The molecule has 0 bridgehead atoms. The van der Waals surface area contributed by atoms with Gasteiger partial charge in [0.2, 0.25) is 17.7 Å². The number of fused-ring (bicyclic) bond motifs is 1. The lowest BCUT2D eigenvalue weighted by atomic mass is 10.0. The predicted molar refractivity (Wildman–Crippen MR) is 200 cm³/mol. The number of hydrogen-bond acceptors (Lipinski definition) is 8. The van der Waals surface area contributed by atoms with Crippen LogP contribution < -0.4 is 49.5 Å². The molecule has 4 rings (SSSR count). The number of aliphatic imine (C=N–C) groups is 2. The van der Waals surface area contributed by atoms with Crippen LogP contribution in [0.4, 0.5) is 0 Å². The van der Waals surface area contributed by atoms with Crippen LogP contribution in [0.15, 0.2) is 76.7 Å². The molecule has 0 spiro atoms. The van der Waals surface area contributed by atoms with E-state index in [1.807, 2.05) is 42.5 Å². The number of guanidine groups is 2. The van der Waals surface area contributed by atoms with Gasteiger partial charge in [-0.1, -0.05) is 54.6 Å². The topological polar surface area (TPSA) is 260 Å². The Balaban J connectivity index is 1.60. The Bertz CT molecular complexity index is 1660. The second-order valence-electron chi connectivity index (χ2n) is 12.8. The van der Waals surface area contributed by atoms with E-state index in [1.165, 1.54) is 0 Å². The van der Waals surface area contributed by atoms with Gasteiger partial charge in [0, 0.05) is 44.7 Å². The van der Waals surface area contributed by atoms with Gasteiger partial charge in [-0.15, -0.1) is 0 Å². The van der Waals surface area contributed by atoms with E-state index in [1.54, 1.807) is 24.3 Å². The van der Waals surface area contributed by atoms with E-state index in [-0.39, 0.29) is 54.5 Å². The van der Waals surface area contributed by atoms with Crippen LogP contribution in [0.1, 0.15) is 36.8 Å². The van der Waals surface area contributed by atoms with Crippen LogP contribution in [0.5, 0.6) is 5.75 Å². The standard InChI is InChI=1S/C36H51N11O4/c37-35(38)41-15-3-7-27-20-44-30(8-4-16-42-36(39)40)34(51)47-31(19-24-9-12-25-5-1-2-6-26(25)17-24)33(50)45-22-32(49)46-28(21-43-27)18-23-10-13-29(48)14-11-23/h1-2,5-6,9-14,17,27-28,30-31,43-44,48H,3-4,7-8,15-16,18-22H2,(H,45,50)(H,46,49)(H,47,51)(H4,37,38,41)(H4,39,40,42)/t27-,28+,30-,31-/m0/s1. The lowest BCUT2D eigenvalue weighted by Crippen LogP contribution is -2.55. The summed E-state index contributed by atoms with van der Waals surface area (Å²) in [6, 6.07) is 18.5. The largest absolute Gasteiger partial charge is 0.508 e. The van der Waals surface area contributed by atoms with Crippen LogP contribution in [0, 0.1) is 0 Å². The SMILES string of the molecule is NC(N)=NCCC[C@H]1CN[C@@H](CCCN=C(N)N)C(=O)N[C@@H](Cc2ccc3ccccc3c2)C(=O)NCC(=O)N[C@H](Cc2ccc(O)cc2)CN1. The molecule has 51 heavy (non-hydrogen) atoms. The maximum atomic E-state index is 13.9. The molecule has 1 heterocycles. The minimum atomic E-state index is -0.958. The highest BCUT2D eigenvalue weighted by Crippen LogP contribution is 2.17. The molecule has 1 saturated heterocycles. The highest BCUT2D eigenvalue weighted by atomic mass is 16.3. The van der Waals surface area contributed by atoms with Crippen molar-refractivity contribution in [3.05, 3.63) is 77.9 Å². The molecular formula is C36H51N11O4. The van der Waals surface area contributed by atoms with E-state index in [9.17, 15) is 19.5 Å². The zero-order valence-electron chi connectivity index (χ0n) is 28.8. The zero-order valence-corrected chi connectivity index (χ0v) is 28.8. The maximum absolute atomic E-state index is 13.9. The minimum Gasteiger partial charge on any atom is -0.508 e. The van der Waals surface area contributed by atoms with Gasteiger partial charge in [-0.3, -0.25) is 24.4 Å². The summed E-state index contributed by atoms with van der Waals surface area (Å²) in [6.45, 7) is 1.27. The van der Waals surface area contributed by atoms with Gasteiger partial charge in [0.1, 0.15) is 11.8 Å². The number of hydrogen-bond donors (Lipinski definition) is 10. The number of amides is 3. The fourth-order valence-corrected chi connectivity index (χ4v) is 5.99. The molecule has 0 aromatic heterocycles. The lowest BCUT2D eigenvalue weighted by molar-refractivity contribution is -0.131. The van der Waals surface area contributed by atoms with Crippen molar-refractivity contribution in [3.63, 3.8) is 0 Å². The van der Waals surface area contributed by atoms with E-state index < -0.39 is 18.0 Å². The fraction of sp³-hybridized carbons (Fsp3) is 0.417. The Kier molecular flexibility index (Phi) is 14.8. The first-order chi connectivity index (χ1) is 24.5. The van der Waals surface area contributed by atoms with Gasteiger partial charge in [-0.25, -0.2) is 0 Å². The Labute approximate surface area is 298 Å². The van der Waals surface area contributed by atoms with Crippen LogP contribution in [-0.2, 0) is 27.2 Å². The van der Waals surface area contributed by atoms with Crippen molar-refractivity contribution in [2.75, 3.05) is 32.7 Å². The van der Waals surface area contributed by atoms with E-state index in [0.29, 0.717) is 58.3 Å². The molecule has 15 heteroatoms. The molecule has 0 saturated carbocycles. The third-order valence-electron chi connectivity index (χ3n) is 8.62. The summed E-state index contributed by atoms with van der Waals surface area (Å²) < 4.78 is 0. The molecule has 0 aliphatic carbocycles. The predicted octanol–water partition coefficient (Wildman–Crippen LogP) is -0.546. The molecular weight excluding hydrogens is 650 g/mol. The number of nitrogens with two attached hydrogens (primary N) is 4. The number of carbonyl (C=O) groups is 3. The first-order valence-corrected chi connectivity index (χ1v) is 17.3. The number of phenols is 1. The van der Waals surface area contributed by atoms with Crippen LogP contribution in [0.3, 0.4) is 0 Å². The van der Waals surface area contributed by atoms with Gasteiger partial charge in [-0.2, -0.15) is 0 Å². The second-order valence-corrected chi connectivity index (χ2v) is 12.8. The zero-order chi connectivity index (χ0) is 36.6. The number of phenolic OH excluding ortho intramolecular Hbond substituents is 1. The van der Waals surface area contributed by atoms with Crippen molar-refractivity contribution in [2.24, 2.45) is 32.9 Å². The molecule has 4 atom stereocenters. The highest BCUT2D eigenvalue weighted by Gasteiger charge is 2.28. The molecule has 3 amide bonds. The highest BCUT2D eigenvalue weighted by molar-refractivity contribution is 5.92. The van der Waals surface area contributed by atoms with Crippen molar-refractivity contribution in [2.45, 2.75) is 62.7 Å². The number of rotatable bonds is 12. The summed E-state index contributed by atoms with van der Waals surface area (Å²) >= 11 is 0. The summed E-state index contributed by atoms with van der Waals surface area (Å²) in [4.78, 5) is 49.0. The van der Waals surface area contributed by atoms with E-state index in [4.69, 9.17) is 22.9 Å². The molecule has 3 aromatic carbocycles. The molecule has 3 aromatic rings. The van der Waals surface area contributed by atoms with Gasteiger partial charge in [0.05, 0.1) is 12.6 Å². The molecule has 14 N–H and O–H groups in total. The number of benzene rings is 3. The molecule has 0 radical (unpaired) electrons. The van der Waals surface area contributed by atoms with Crippen molar-refractivity contribution in [1.29, 1.82) is 0 Å². The Morgan fingerprint density at radius 2 is 1.33 bits per heavy atom. The summed E-state index contributed by atoms with van der Waals surface area (Å²) in [7, 11) is 0. The Morgan fingerprint density at radius 1 is 0.686 bits per heavy atom. The molecule has 0 unspecified atom stereocenters. The Hall–Kier alpha value is -5.41. The number of aromatic hydroxyl groups is 1. The van der Waals surface area contributed by atoms with Gasteiger partial charge in [-0.05, 0) is 66.1 Å². The molecule has 15 nitrogen and oxygen atoms in total. The van der Waals surface area contributed by atoms with Crippen molar-refractivity contribution in [1.82, 2.24) is 26.6 Å². The molecule has 1 fully saturated rings. The van der Waals surface area contributed by atoms with Crippen LogP contribution in [0.25, 0.3) is 10.8 Å². The van der Waals surface area contributed by atoms with Crippen molar-refractivity contribution >= 4 is 40.4 Å². The van der Waals surface area contributed by atoms with Crippen LogP contribution in [-0.4, -0.2) is 91.6 Å². The monoisotopic (exact) mass is 701 g/mol. The average molecular weight is 702 g/mol. The first kappa shape index (κ1) is 38.4. The van der Waals surface area contributed by atoms with Gasteiger partial charge < -0.3 is 54.6 Å². The van der Waals surface area contributed by atoms with Gasteiger partial charge >= 0.3 is 0 Å². The van der Waals surface area contributed by atoms with Gasteiger partial charge in [0.25, 0.3) is 0 Å². The smallest absolute Gasteiger partial charge is 0.243 e. The molecule has 1 aliphatic heterocycles. The van der Waals surface area contributed by atoms with Crippen LogP contribution >= 0.6 is 0 Å². The number of nitrogens with one attached hydrogen (secondary N) is 5. The second kappa shape index (κ2) is 19.7. The average Bonchev–Trinajstić information content (AvgIpc) is 3.10. The van der Waals surface area contributed by atoms with Crippen LogP contribution in [0.2, 0.25) is 0 Å². The minimum absolute atomic E-state index is 0.0127. The molecule has 274 valence electrons. The summed E-state index contributed by atoms with van der Waals surface area (Å²) in [5.41, 5.74) is 23.9. The number of carbonyl (C=O) groups excluding carboxylic acids is 3. The maximum Gasteiger partial charge on any atom is 0.243 e. The third-order valence-corrected chi connectivity index (χ3v) is 8.62.